The molecule has 1 aliphatic rings. The molecule has 0 spiro atoms. The molecule has 24 heavy (non-hydrogen) atoms. The highest BCUT2D eigenvalue weighted by atomic mass is 19.1. The van der Waals surface area contributed by atoms with Gasteiger partial charge >= 0.3 is 0 Å². The topological polar surface area (TPSA) is 23.6 Å². The molecule has 0 saturated carbocycles. The van der Waals surface area contributed by atoms with Gasteiger partial charge in [-0.25, -0.2) is 13.2 Å². The lowest BCUT2D eigenvalue weighted by atomic mass is 10.1. The van der Waals surface area contributed by atoms with Gasteiger partial charge in [0.25, 0.3) is 0 Å². The van der Waals surface area contributed by atoms with Crippen molar-refractivity contribution >= 4 is 11.6 Å². The molecule has 1 heterocycles. The molecule has 1 unspecified atom stereocenters. The Hall–Kier alpha value is -2.34. The summed E-state index contributed by atoms with van der Waals surface area (Å²) in [5.41, 5.74) is 0.856. The molecule has 2 aromatic rings. The van der Waals surface area contributed by atoms with Crippen LogP contribution < -0.4 is 4.90 Å². The van der Waals surface area contributed by atoms with Crippen LogP contribution in [0, 0.1) is 17.5 Å². The molecule has 0 aromatic heterocycles. The van der Waals surface area contributed by atoms with E-state index in [0.717, 1.165) is 6.07 Å². The Morgan fingerprint density at radius 1 is 1.04 bits per heavy atom. The standard InChI is InChI=1S/C18H17F3N2O/c1-12-18(24)23(16-4-2-3-14(19)9-16)8-7-22(12)11-13-5-6-15(20)10-17(13)21/h2-6,9-10,12H,7-8,11H2,1H3. The van der Waals surface area contributed by atoms with E-state index in [-0.39, 0.29) is 12.5 Å². The van der Waals surface area contributed by atoms with Gasteiger partial charge in [0, 0.05) is 37.0 Å². The van der Waals surface area contributed by atoms with Crippen LogP contribution in [0.3, 0.4) is 0 Å². The van der Waals surface area contributed by atoms with E-state index in [1.54, 1.807) is 19.1 Å². The van der Waals surface area contributed by atoms with E-state index in [4.69, 9.17) is 0 Å². The fourth-order valence-electron chi connectivity index (χ4n) is 2.90. The summed E-state index contributed by atoms with van der Waals surface area (Å²) in [6.07, 6.45) is 0. The molecule has 126 valence electrons. The van der Waals surface area contributed by atoms with E-state index in [9.17, 15) is 18.0 Å². The molecule has 0 aliphatic carbocycles. The molecule has 1 atom stereocenters. The number of carbonyl (C=O) groups is 1. The number of rotatable bonds is 3. The largest absolute Gasteiger partial charge is 0.310 e. The first-order chi connectivity index (χ1) is 11.5. The minimum Gasteiger partial charge on any atom is -0.310 e. The van der Waals surface area contributed by atoms with E-state index in [2.05, 4.69) is 0 Å². The Labute approximate surface area is 138 Å². The normalized spacial score (nSPS) is 18.9. The Morgan fingerprint density at radius 3 is 2.50 bits per heavy atom. The third-order valence-electron chi connectivity index (χ3n) is 4.29. The fraction of sp³-hybridized carbons (Fsp3) is 0.278. The smallest absolute Gasteiger partial charge is 0.244 e. The molecule has 2 aromatic carbocycles. The van der Waals surface area contributed by atoms with Gasteiger partial charge < -0.3 is 4.90 Å². The van der Waals surface area contributed by atoms with Crippen molar-refractivity contribution in [2.24, 2.45) is 0 Å². The maximum atomic E-state index is 13.8. The molecule has 0 radical (unpaired) electrons. The minimum absolute atomic E-state index is 0.172. The molecular formula is C18H17F3N2O. The second kappa shape index (κ2) is 6.65. The van der Waals surface area contributed by atoms with E-state index in [1.165, 1.54) is 29.2 Å². The van der Waals surface area contributed by atoms with Crippen molar-refractivity contribution in [3.8, 4) is 0 Å². The molecule has 3 rings (SSSR count). The van der Waals surface area contributed by atoms with Crippen molar-refractivity contribution in [3.05, 3.63) is 65.5 Å². The number of amides is 1. The number of piperazine rings is 1. The van der Waals surface area contributed by atoms with Gasteiger partial charge in [-0.05, 0) is 31.2 Å². The average Bonchev–Trinajstić information content (AvgIpc) is 2.54. The first-order valence-corrected chi connectivity index (χ1v) is 7.70. The van der Waals surface area contributed by atoms with Crippen LogP contribution in [-0.2, 0) is 11.3 Å². The van der Waals surface area contributed by atoms with Crippen LogP contribution in [-0.4, -0.2) is 29.9 Å². The van der Waals surface area contributed by atoms with Gasteiger partial charge in [-0.2, -0.15) is 0 Å². The lowest BCUT2D eigenvalue weighted by Crippen LogP contribution is -2.55. The van der Waals surface area contributed by atoms with Gasteiger partial charge in [-0.15, -0.1) is 0 Å². The fourth-order valence-corrected chi connectivity index (χ4v) is 2.90. The summed E-state index contributed by atoms with van der Waals surface area (Å²) in [7, 11) is 0. The third-order valence-corrected chi connectivity index (χ3v) is 4.29. The van der Waals surface area contributed by atoms with E-state index in [0.29, 0.717) is 24.3 Å². The summed E-state index contributed by atoms with van der Waals surface area (Å²) in [5, 5.41) is 0. The van der Waals surface area contributed by atoms with Crippen molar-refractivity contribution in [1.29, 1.82) is 0 Å². The van der Waals surface area contributed by atoms with E-state index < -0.39 is 23.5 Å². The third kappa shape index (κ3) is 3.28. The molecule has 3 nitrogen and oxygen atoms in total. The van der Waals surface area contributed by atoms with Crippen LogP contribution >= 0.6 is 0 Å². The van der Waals surface area contributed by atoms with Crippen molar-refractivity contribution in [3.63, 3.8) is 0 Å². The summed E-state index contributed by atoms with van der Waals surface area (Å²) in [6, 6.07) is 8.84. The monoisotopic (exact) mass is 334 g/mol. The Bertz CT molecular complexity index is 766. The van der Waals surface area contributed by atoms with Crippen LogP contribution in [0.1, 0.15) is 12.5 Å². The Morgan fingerprint density at radius 2 is 1.79 bits per heavy atom. The van der Waals surface area contributed by atoms with Gasteiger partial charge in [0.05, 0.1) is 6.04 Å². The van der Waals surface area contributed by atoms with Gasteiger partial charge in [0.1, 0.15) is 17.5 Å². The Kier molecular flexibility index (Phi) is 4.57. The zero-order valence-electron chi connectivity index (χ0n) is 13.2. The van der Waals surface area contributed by atoms with Crippen molar-refractivity contribution in [2.75, 3.05) is 18.0 Å². The average molecular weight is 334 g/mol. The highest BCUT2D eigenvalue weighted by Crippen LogP contribution is 2.23. The van der Waals surface area contributed by atoms with Crippen molar-refractivity contribution < 1.29 is 18.0 Å². The maximum absolute atomic E-state index is 13.8. The first-order valence-electron chi connectivity index (χ1n) is 7.70. The summed E-state index contributed by atoms with van der Waals surface area (Å²) in [4.78, 5) is 15.9. The van der Waals surface area contributed by atoms with Gasteiger partial charge in [0.2, 0.25) is 5.91 Å². The summed E-state index contributed by atoms with van der Waals surface area (Å²) in [5.74, 6) is -1.82. The number of benzene rings is 2. The number of anilines is 1. The van der Waals surface area contributed by atoms with E-state index in [1.807, 2.05) is 4.90 Å². The second-order valence-electron chi connectivity index (χ2n) is 5.85. The molecule has 1 fully saturated rings. The quantitative estimate of drug-likeness (QED) is 0.859. The highest BCUT2D eigenvalue weighted by molar-refractivity contribution is 5.97. The predicted molar refractivity (Wildman–Crippen MR) is 85.0 cm³/mol. The van der Waals surface area contributed by atoms with Gasteiger partial charge in [-0.3, -0.25) is 9.69 Å². The molecular weight excluding hydrogens is 317 g/mol. The van der Waals surface area contributed by atoms with Crippen LogP contribution in [0.25, 0.3) is 0 Å². The molecule has 6 heteroatoms. The predicted octanol–water partition coefficient (Wildman–Crippen LogP) is 3.34. The molecule has 1 aliphatic heterocycles. The Balaban J connectivity index is 1.75. The lowest BCUT2D eigenvalue weighted by molar-refractivity contribution is -0.125. The second-order valence-corrected chi connectivity index (χ2v) is 5.85. The maximum Gasteiger partial charge on any atom is 0.244 e. The number of hydrogen-bond acceptors (Lipinski definition) is 2. The minimum atomic E-state index is -0.628. The number of carbonyl (C=O) groups excluding carboxylic acids is 1. The number of nitrogens with zero attached hydrogens (tertiary/aromatic N) is 2. The number of hydrogen-bond donors (Lipinski definition) is 0. The molecule has 0 bridgehead atoms. The van der Waals surface area contributed by atoms with Crippen LogP contribution in [0.2, 0.25) is 0 Å². The van der Waals surface area contributed by atoms with Crippen LogP contribution in [0.15, 0.2) is 42.5 Å². The molecule has 1 saturated heterocycles. The first kappa shape index (κ1) is 16.5. The van der Waals surface area contributed by atoms with Crippen molar-refractivity contribution in [2.45, 2.75) is 19.5 Å². The summed E-state index contributed by atoms with van der Waals surface area (Å²) >= 11 is 0. The van der Waals surface area contributed by atoms with Gasteiger partial charge in [0.15, 0.2) is 0 Å². The lowest BCUT2D eigenvalue weighted by Gasteiger charge is -2.39. The molecule has 1 amide bonds. The summed E-state index contributed by atoms with van der Waals surface area (Å²) < 4.78 is 40.2. The molecule has 0 N–H and O–H groups in total. The zero-order valence-corrected chi connectivity index (χ0v) is 13.2. The SMILES string of the molecule is CC1C(=O)N(c2cccc(F)c2)CCN1Cc1ccc(F)cc1F. The summed E-state index contributed by atoms with van der Waals surface area (Å²) in [6.45, 7) is 2.85. The highest BCUT2D eigenvalue weighted by Gasteiger charge is 2.32. The van der Waals surface area contributed by atoms with Gasteiger partial charge in [-0.1, -0.05) is 12.1 Å². The van der Waals surface area contributed by atoms with Crippen molar-refractivity contribution in [1.82, 2.24) is 4.90 Å². The van der Waals surface area contributed by atoms with Crippen LogP contribution in [0.5, 0.6) is 0 Å². The van der Waals surface area contributed by atoms with Crippen LogP contribution in [0.4, 0.5) is 18.9 Å². The van der Waals surface area contributed by atoms with E-state index >= 15 is 0 Å². The number of halogens is 3. The zero-order chi connectivity index (χ0) is 17.3.